The van der Waals surface area contributed by atoms with Crippen LogP contribution in [0.4, 0.5) is 0 Å². The van der Waals surface area contributed by atoms with Gasteiger partial charge in [-0.1, -0.05) is 18.2 Å². The summed E-state index contributed by atoms with van der Waals surface area (Å²) in [6.45, 7) is 1.85. The second-order valence-corrected chi connectivity index (χ2v) is 5.83. The van der Waals surface area contributed by atoms with Crippen LogP contribution in [0, 0.1) is 6.92 Å². The van der Waals surface area contributed by atoms with Gasteiger partial charge < -0.3 is 9.47 Å². The Morgan fingerprint density at radius 3 is 2.61 bits per heavy atom. The number of aldehydes is 1. The molecule has 2 aromatic carbocycles. The van der Waals surface area contributed by atoms with Crippen LogP contribution in [0.5, 0.6) is 11.5 Å². The van der Waals surface area contributed by atoms with Crippen molar-refractivity contribution in [3.8, 4) is 11.5 Å². The number of carbonyl (C=O) groups is 2. The Hall–Kier alpha value is -2.27. The molecule has 0 fully saturated rings. The van der Waals surface area contributed by atoms with Gasteiger partial charge in [0, 0.05) is 16.9 Å². The van der Waals surface area contributed by atoms with Gasteiger partial charge in [0.2, 0.25) is 0 Å². The van der Waals surface area contributed by atoms with Gasteiger partial charge in [0.25, 0.3) is 0 Å². The Bertz CT molecular complexity index is 725. The average Bonchev–Trinajstić information content (AvgIpc) is 2.56. The molecule has 23 heavy (non-hydrogen) atoms. The average molecular weight is 330 g/mol. The van der Waals surface area contributed by atoms with Crippen molar-refractivity contribution in [3.05, 3.63) is 58.7 Å². The Morgan fingerprint density at radius 1 is 1.26 bits per heavy atom. The minimum absolute atomic E-state index is 0.362. The van der Waals surface area contributed by atoms with Crippen LogP contribution in [0.15, 0.2) is 36.4 Å². The summed E-state index contributed by atoms with van der Waals surface area (Å²) in [5, 5.41) is 0. The molecule has 0 N–H and O–H groups in total. The van der Waals surface area contributed by atoms with Gasteiger partial charge in [-0.2, -0.15) is 11.8 Å². The summed E-state index contributed by atoms with van der Waals surface area (Å²) in [4.78, 5) is 23.5. The first kappa shape index (κ1) is 17.1. The molecule has 0 aliphatic rings. The van der Waals surface area contributed by atoms with Gasteiger partial charge in [0.15, 0.2) is 11.5 Å². The summed E-state index contributed by atoms with van der Waals surface area (Å²) in [6, 6.07) is 10.5. The molecule has 0 amide bonds. The lowest BCUT2D eigenvalue weighted by atomic mass is 10.1. The lowest BCUT2D eigenvalue weighted by Crippen LogP contribution is -2.12. The predicted molar refractivity (Wildman–Crippen MR) is 91.7 cm³/mol. The van der Waals surface area contributed by atoms with Crippen molar-refractivity contribution in [3.63, 3.8) is 0 Å². The van der Waals surface area contributed by atoms with Crippen molar-refractivity contribution in [2.45, 2.75) is 12.7 Å². The summed E-state index contributed by atoms with van der Waals surface area (Å²) in [6.07, 6.45) is 2.69. The number of aryl methyl sites for hydroxylation is 1. The number of esters is 1. The Morgan fingerprint density at radius 2 is 2.00 bits per heavy atom. The highest BCUT2D eigenvalue weighted by Gasteiger charge is 2.18. The fourth-order valence-electron chi connectivity index (χ4n) is 2.23. The molecule has 2 aromatic rings. The Balaban J connectivity index is 2.43. The molecule has 0 atom stereocenters. The number of rotatable bonds is 6. The van der Waals surface area contributed by atoms with Crippen LogP contribution in [0.1, 0.15) is 31.8 Å². The van der Waals surface area contributed by atoms with Crippen molar-refractivity contribution >= 4 is 24.0 Å². The number of hydrogen-bond acceptors (Lipinski definition) is 5. The molecule has 4 nitrogen and oxygen atoms in total. The number of methoxy groups -OCH3 is 1. The molecule has 0 bridgehead atoms. The van der Waals surface area contributed by atoms with E-state index >= 15 is 0 Å². The molecule has 0 aliphatic heterocycles. The Labute approximate surface area is 139 Å². The molecule has 0 heterocycles. The fourth-order valence-corrected chi connectivity index (χ4v) is 2.76. The van der Waals surface area contributed by atoms with Gasteiger partial charge in [-0.05, 0) is 36.9 Å². The highest BCUT2D eigenvalue weighted by molar-refractivity contribution is 7.97. The van der Waals surface area contributed by atoms with E-state index in [0.29, 0.717) is 28.4 Å². The van der Waals surface area contributed by atoms with E-state index in [1.165, 1.54) is 7.11 Å². The predicted octanol–water partition coefficient (Wildman–Crippen LogP) is 3.90. The molecule has 0 saturated heterocycles. The van der Waals surface area contributed by atoms with Crippen LogP contribution in [-0.4, -0.2) is 25.6 Å². The summed E-state index contributed by atoms with van der Waals surface area (Å²) < 4.78 is 10.9. The highest BCUT2D eigenvalue weighted by atomic mass is 32.2. The van der Waals surface area contributed by atoms with E-state index in [1.54, 1.807) is 36.0 Å². The highest BCUT2D eigenvalue weighted by Crippen LogP contribution is 2.35. The summed E-state index contributed by atoms with van der Waals surface area (Å²) in [7, 11) is 1.48. The number of thioether (sulfide) groups is 1. The van der Waals surface area contributed by atoms with Gasteiger partial charge in [-0.3, -0.25) is 4.79 Å². The van der Waals surface area contributed by atoms with Gasteiger partial charge in [-0.15, -0.1) is 0 Å². The maximum Gasteiger partial charge on any atom is 0.343 e. The van der Waals surface area contributed by atoms with Gasteiger partial charge in [-0.25, -0.2) is 4.79 Å². The normalized spacial score (nSPS) is 10.2. The zero-order chi connectivity index (χ0) is 16.8. The van der Waals surface area contributed by atoms with Crippen molar-refractivity contribution in [1.82, 2.24) is 0 Å². The van der Waals surface area contributed by atoms with Crippen LogP contribution < -0.4 is 9.47 Å². The molecule has 2 rings (SSSR count). The quantitative estimate of drug-likeness (QED) is 0.457. The van der Waals surface area contributed by atoms with Crippen molar-refractivity contribution in [2.24, 2.45) is 0 Å². The van der Waals surface area contributed by atoms with E-state index in [-0.39, 0.29) is 0 Å². The third-order valence-corrected chi connectivity index (χ3v) is 3.97. The first-order valence-electron chi connectivity index (χ1n) is 7.03. The van der Waals surface area contributed by atoms with Crippen LogP contribution in [0.2, 0.25) is 0 Å². The molecule has 5 heteroatoms. The van der Waals surface area contributed by atoms with E-state index in [9.17, 15) is 9.59 Å². The molecule has 0 aliphatic carbocycles. The summed E-state index contributed by atoms with van der Waals surface area (Å²) >= 11 is 1.57. The lowest BCUT2D eigenvalue weighted by Gasteiger charge is -2.15. The van der Waals surface area contributed by atoms with E-state index < -0.39 is 5.97 Å². The summed E-state index contributed by atoms with van der Waals surface area (Å²) in [5.74, 6) is 0.901. The first-order valence-corrected chi connectivity index (χ1v) is 8.43. The van der Waals surface area contributed by atoms with Gasteiger partial charge >= 0.3 is 5.97 Å². The van der Waals surface area contributed by atoms with Crippen molar-refractivity contribution in [2.75, 3.05) is 13.4 Å². The minimum atomic E-state index is -0.442. The standard InChI is InChI=1S/C18H18O4S/c1-12-6-4-5-7-15(12)18(20)22-17-14(11-23-3)8-13(10-19)9-16(17)21-2/h4-10H,11H2,1-3H3. The molecule has 0 spiro atoms. The fraction of sp³-hybridized carbons (Fsp3) is 0.222. The van der Waals surface area contributed by atoms with E-state index in [2.05, 4.69) is 0 Å². The largest absolute Gasteiger partial charge is 0.493 e. The molecular formula is C18H18O4S. The molecule has 120 valence electrons. The lowest BCUT2D eigenvalue weighted by molar-refractivity contribution is 0.0727. The number of benzene rings is 2. The molecule has 0 radical (unpaired) electrons. The van der Waals surface area contributed by atoms with Crippen LogP contribution in [-0.2, 0) is 5.75 Å². The zero-order valence-corrected chi connectivity index (χ0v) is 14.1. The third-order valence-electron chi connectivity index (χ3n) is 3.37. The number of hydrogen-bond donors (Lipinski definition) is 0. The van der Waals surface area contributed by atoms with E-state index in [0.717, 1.165) is 17.4 Å². The summed E-state index contributed by atoms with van der Waals surface area (Å²) in [5.41, 5.74) is 2.58. The molecule has 0 saturated carbocycles. The smallest absolute Gasteiger partial charge is 0.343 e. The topological polar surface area (TPSA) is 52.6 Å². The Kier molecular flexibility index (Phi) is 5.82. The number of ether oxygens (including phenoxy) is 2. The van der Waals surface area contributed by atoms with E-state index in [1.807, 2.05) is 25.3 Å². The monoisotopic (exact) mass is 330 g/mol. The molecule has 0 aromatic heterocycles. The number of carbonyl (C=O) groups excluding carboxylic acids is 2. The zero-order valence-electron chi connectivity index (χ0n) is 13.3. The van der Waals surface area contributed by atoms with Crippen molar-refractivity contribution < 1.29 is 19.1 Å². The molecule has 0 unspecified atom stereocenters. The third kappa shape index (κ3) is 3.93. The molecular weight excluding hydrogens is 312 g/mol. The van der Waals surface area contributed by atoms with Crippen LogP contribution in [0.3, 0.4) is 0 Å². The van der Waals surface area contributed by atoms with E-state index in [4.69, 9.17) is 9.47 Å². The second kappa shape index (κ2) is 7.83. The van der Waals surface area contributed by atoms with Crippen LogP contribution >= 0.6 is 11.8 Å². The maximum atomic E-state index is 12.5. The van der Waals surface area contributed by atoms with Crippen molar-refractivity contribution in [1.29, 1.82) is 0 Å². The second-order valence-electron chi connectivity index (χ2n) is 4.97. The maximum absolute atomic E-state index is 12.5. The first-order chi connectivity index (χ1) is 11.1. The SMILES string of the molecule is COc1cc(C=O)cc(CSC)c1OC(=O)c1ccccc1C. The van der Waals surface area contributed by atoms with Gasteiger partial charge in [0.05, 0.1) is 12.7 Å². The van der Waals surface area contributed by atoms with Gasteiger partial charge in [0.1, 0.15) is 6.29 Å². The minimum Gasteiger partial charge on any atom is -0.493 e. The van der Waals surface area contributed by atoms with Crippen LogP contribution in [0.25, 0.3) is 0 Å².